The zero-order valence-corrected chi connectivity index (χ0v) is 10.4. The zero-order valence-electron chi connectivity index (χ0n) is 10.4. The second-order valence-electron chi connectivity index (χ2n) is 5.25. The van der Waals surface area contributed by atoms with Gasteiger partial charge in [0.2, 0.25) is 0 Å². The molecule has 2 rings (SSSR count). The number of hydrogen-bond acceptors (Lipinski definition) is 1. The molecule has 1 atom stereocenters. The van der Waals surface area contributed by atoms with Gasteiger partial charge in [0.25, 0.3) is 0 Å². The van der Waals surface area contributed by atoms with Crippen molar-refractivity contribution < 1.29 is 4.79 Å². The summed E-state index contributed by atoms with van der Waals surface area (Å²) < 4.78 is 0. The average Bonchev–Trinajstić information content (AvgIpc) is 3.10. The molecule has 0 heterocycles. The molecule has 0 radical (unpaired) electrons. The molecule has 0 spiro atoms. The summed E-state index contributed by atoms with van der Waals surface area (Å²) >= 11 is 0. The fourth-order valence-electron chi connectivity index (χ4n) is 2.49. The van der Waals surface area contributed by atoms with E-state index in [0.717, 1.165) is 17.8 Å². The Morgan fingerprint density at radius 3 is 2.31 bits per heavy atom. The lowest BCUT2D eigenvalue weighted by Gasteiger charge is -2.17. The summed E-state index contributed by atoms with van der Waals surface area (Å²) in [5.41, 5.74) is 3.39. The fraction of sp³-hybridized carbons (Fsp3) is 0.533. The molecule has 86 valence electrons. The van der Waals surface area contributed by atoms with Crippen molar-refractivity contribution in [1.29, 1.82) is 0 Å². The normalized spacial score (nSPS) is 17.5. The third-order valence-electron chi connectivity index (χ3n) is 3.73. The highest BCUT2D eigenvalue weighted by Crippen LogP contribution is 2.43. The van der Waals surface area contributed by atoms with Crippen LogP contribution in [0.5, 0.6) is 0 Å². The summed E-state index contributed by atoms with van der Waals surface area (Å²) in [6.07, 6.45) is 3.69. The van der Waals surface area contributed by atoms with Crippen LogP contribution in [0.25, 0.3) is 0 Å². The predicted octanol–water partition coefficient (Wildman–Crippen LogP) is 4.14. The number of carbonyl (C=O) groups is 1. The molecule has 1 aliphatic carbocycles. The number of aldehydes is 1. The van der Waals surface area contributed by atoms with Gasteiger partial charge >= 0.3 is 0 Å². The number of benzene rings is 1. The molecule has 1 aromatic rings. The molecule has 0 saturated heterocycles. The molecule has 16 heavy (non-hydrogen) atoms. The third-order valence-corrected chi connectivity index (χ3v) is 3.73. The average molecular weight is 216 g/mol. The molecule has 0 aromatic heterocycles. The van der Waals surface area contributed by atoms with Crippen LogP contribution in [-0.2, 0) is 0 Å². The van der Waals surface area contributed by atoms with E-state index in [0.29, 0.717) is 11.8 Å². The van der Waals surface area contributed by atoms with E-state index < -0.39 is 0 Å². The third kappa shape index (κ3) is 2.04. The predicted molar refractivity (Wildman–Crippen MR) is 67.1 cm³/mol. The summed E-state index contributed by atoms with van der Waals surface area (Å²) in [5, 5.41) is 0. The van der Waals surface area contributed by atoms with Gasteiger partial charge in [0.15, 0.2) is 6.29 Å². The van der Waals surface area contributed by atoms with Gasteiger partial charge in [0.05, 0.1) is 0 Å². The lowest BCUT2D eigenvalue weighted by atomic mass is 9.87. The second-order valence-corrected chi connectivity index (χ2v) is 5.25. The molecule has 0 N–H and O–H groups in total. The highest BCUT2D eigenvalue weighted by atomic mass is 16.1. The van der Waals surface area contributed by atoms with E-state index in [2.05, 4.69) is 39.0 Å². The minimum atomic E-state index is 0.423. The number of hydrogen-bond donors (Lipinski definition) is 0. The van der Waals surface area contributed by atoms with E-state index >= 15 is 0 Å². The highest BCUT2D eigenvalue weighted by Gasteiger charge is 2.30. The summed E-state index contributed by atoms with van der Waals surface area (Å²) in [6, 6.07) is 6.30. The molecule has 1 saturated carbocycles. The van der Waals surface area contributed by atoms with Crippen LogP contribution < -0.4 is 0 Å². The maximum atomic E-state index is 11.3. The molecule has 0 bridgehead atoms. The van der Waals surface area contributed by atoms with Crippen LogP contribution >= 0.6 is 0 Å². The zero-order chi connectivity index (χ0) is 11.7. The lowest BCUT2D eigenvalue weighted by molar-refractivity contribution is 0.112. The second kappa shape index (κ2) is 4.40. The largest absolute Gasteiger partial charge is 0.298 e. The van der Waals surface area contributed by atoms with E-state index in [1.165, 1.54) is 24.0 Å². The van der Waals surface area contributed by atoms with Crippen molar-refractivity contribution in [3.63, 3.8) is 0 Å². The maximum Gasteiger partial charge on any atom is 0.150 e. The molecule has 1 nitrogen and oxygen atoms in total. The first-order valence-electron chi connectivity index (χ1n) is 6.23. The highest BCUT2D eigenvalue weighted by molar-refractivity contribution is 5.80. The van der Waals surface area contributed by atoms with Gasteiger partial charge in [-0.25, -0.2) is 0 Å². The van der Waals surface area contributed by atoms with Gasteiger partial charge in [0.1, 0.15) is 0 Å². The van der Waals surface area contributed by atoms with E-state index in [4.69, 9.17) is 0 Å². The summed E-state index contributed by atoms with van der Waals surface area (Å²) in [7, 11) is 0. The molecule has 0 aliphatic heterocycles. The van der Waals surface area contributed by atoms with Gasteiger partial charge in [-0.15, -0.1) is 0 Å². The van der Waals surface area contributed by atoms with E-state index in [-0.39, 0.29) is 0 Å². The van der Waals surface area contributed by atoms with Gasteiger partial charge in [-0.1, -0.05) is 39.0 Å². The topological polar surface area (TPSA) is 17.1 Å². The van der Waals surface area contributed by atoms with Crippen LogP contribution in [0.15, 0.2) is 18.2 Å². The van der Waals surface area contributed by atoms with Crippen molar-refractivity contribution >= 4 is 6.29 Å². The van der Waals surface area contributed by atoms with Crippen LogP contribution in [0.3, 0.4) is 0 Å². The Kier molecular flexibility index (Phi) is 3.13. The Hall–Kier alpha value is -1.11. The van der Waals surface area contributed by atoms with Gasteiger partial charge < -0.3 is 0 Å². The van der Waals surface area contributed by atoms with Crippen LogP contribution in [0.1, 0.15) is 66.9 Å². The van der Waals surface area contributed by atoms with E-state index in [1.54, 1.807) is 0 Å². The van der Waals surface area contributed by atoms with Crippen molar-refractivity contribution in [1.82, 2.24) is 0 Å². The molecular formula is C15H20O. The molecule has 1 unspecified atom stereocenters. The van der Waals surface area contributed by atoms with Crippen molar-refractivity contribution in [3.05, 3.63) is 34.9 Å². The van der Waals surface area contributed by atoms with Crippen molar-refractivity contribution in [2.45, 2.75) is 45.4 Å². The Morgan fingerprint density at radius 1 is 1.19 bits per heavy atom. The molecular weight excluding hydrogens is 196 g/mol. The Morgan fingerprint density at radius 2 is 1.81 bits per heavy atom. The van der Waals surface area contributed by atoms with Gasteiger partial charge in [-0.2, -0.15) is 0 Å². The monoisotopic (exact) mass is 216 g/mol. The van der Waals surface area contributed by atoms with Gasteiger partial charge in [-0.05, 0) is 41.7 Å². The van der Waals surface area contributed by atoms with Gasteiger partial charge in [0, 0.05) is 5.56 Å². The quantitative estimate of drug-likeness (QED) is 0.691. The Balaban J connectivity index is 2.43. The first-order valence-corrected chi connectivity index (χ1v) is 6.23. The first kappa shape index (κ1) is 11.4. The van der Waals surface area contributed by atoms with E-state index in [9.17, 15) is 4.79 Å². The molecule has 1 heteroatoms. The molecule has 0 amide bonds. The van der Waals surface area contributed by atoms with Crippen molar-refractivity contribution in [2.24, 2.45) is 5.92 Å². The summed E-state index contributed by atoms with van der Waals surface area (Å²) in [5.74, 6) is 1.77. The maximum absolute atomic E-state index is 11.3. The van der Waals surface area contributed by atoms with Crippen molar-refractivity contribution in [3.8, 4) is 0 Å². The first-order chi connectivity index (χ1) is 7.65. The minimum Gasteiger partial charge on any atom is -0.298 e. The standard InChI is InChI=1S/C15H20O/c1-10(2)13-5-4-6-14(15(13)9-16)11(3)12-7-8-12/h4-6,9-12H,7-8H2,1-3H3. The fourth-order valence-corrected chi connectivity index (χ4v) is 2.49. The number of carbonyl (C=O) groups excluding carboxylic acids is 1. The Bertz CT molecular complexity index is 388. The van der Waals surface area contributed by atoms with Crippen LogP contribution in [0, 0.1) is 5.92 Å². The number of rotatable bonds is 4. The smallest absolute Gasteiger partial charge is 0.150 e. The SMILES string of the molecule is CC(C)c1cccc(C(C)C2CC2)c1C=O. The summed E-state index contributed by atoms with van der Waals surface area (Å²) in [4.78, 5) is 11.3. The molecule has 1 aliphatic rings. The molecule has 1 aromatic carbocycles. The van der Waals surface area contributed by atoms with Crippen LogP contribution in [0.2, 0.25) is 0 Å². The van der Waals surface area contributed by atoms with Gasteiger partial charge in [-0.3, -0.25) is 4.79 Å². The van der Waals surface area contributed by atoms with E-state index in [1.807, 2.05) is 0 Å². The van der Waals surface area contributed by atoms with Crippen LogP contribution in [-0.4, -0.2) is 6.29 Å². The molecule has 1 fully saturated rings. The minimum absolute atomic E-state index is 0.423. The van der Waals surface area contributed by atoms with Crippen molar-refractivity contribution in [2.75, 3.05) is 0 Å². The Labute approximate surface area is 97.9 Å². The lowest BCUT2D eigenvalue weighted by Crippen LogP contribution is -2.05. The van der Waals surface area contributed by atoms with Crippen LogP contribution in [0.4, 0.5) is 0 Å². The summed E-state index contributed by atoms with van der Waals surface area (Å²) in [6.45, 7) is 6.55.